The van der Waals surface area contributed by atoms with Crippen molar-refractivity contribution in [2.75, 3.05) is 6.61 Å². The van der Waals surface area contributed by atoms with Gasteiger partial charge in [0.15, 0.2) is 10.6 Å². The molecular weight excluding hydrogens is 356 g/mol. The fraction of sp³-hybridized carbons (Fsp3) is 0.588. The topological polar surface area (TPSA) is 82.9 Å². The highest BCUT2D eigenvalue weighted by atomic mass is 32.1. The summed E-state index contributed by atoms with van der Waals surface area (Å²) in [5, 5.41) is 21.9. The quantitative estimate of drug-likeness (QED) is 0.549. The Kier molecular flexibility index (Phi) is 6.03. The third-order valence-corrected chi connectivity index (χ3v) is 6.09. The number of hydrogen-bond donors (Lipinski definition) is 3. The molecule has 1 amide bonds. The Hall–Kier alpha value is -1.51. The average molecular weight is 381 g/mol. The highest BCUT2D eigenvalue weighted by Crippen LogP contribution is 2.27. The molecule has 8 heteroatoms. The van der Waals surface area contributed by atoms with Crippen LogP contribution in [0.2, 0.25) is 0 Å². The molecule has 2 aromatic heterocycles. The predicted octanol–water partition coefficient (Wildman–Crippen LogP) is 3.29. The third-order valence-electron chi connectivity index (χ3n) is 4.93. The number of amides is 1. The van der Waals surface area contributed by atoms with Gasteiger partial charge in [-0.25, -0.2) is 0 Å². The molecule has 0 bridgehead atoms. The number of H-pyrrole nitrogens is 1. The highest BCUT2D eigenvalue weighted by molar-refractivity contribution is 7.71. The number of carbonyl (C=O) groups excluding carboxylic acids is 1. The highest BCUT2D eigenvalue weighted by Gasteiger charge is 2.28. The van der Waals surface area contributed by atoms with E-state index in [1.165, 1.54) is 0 Å². The molecule has 1 aliphatic carbocycles. The Morgan fingerprint density at radius 3 is 3.04 bits per heavy atom. The van der Waals surface area contributed by atoms with E-state index in [2.05, 4.69) is 15.5 Å². The number of aliphatic hydroxyl groups is 1. The van der Waals surface area contributed by atoms with Gasteiger partial charge in [0, 0.05) is 18.6 Å². The number of nitrogens with zero attached hydrogens (tertiary/aromatic N) is 2. The zero-order valence-electron chi connectivity index (χ0n) is 14.3. The summed E-state index contributed by atoms with van der Waals surface area (Å²) < 4.78 is 2.20. The van der Waals surface area contributed by atoms with Gasteiger partial charge in [-0.1, -0.05) is 25.3 Å². The van der Waals surface area contributed by atoms with Gasteiger partial charge in [-0.3, -0.25) is 14.5 Å². The van der Waals surface area contributed by atoms with Crippen LogP contribution in [0.3, 0.4) is 0 Å². The fourth-order valence-electron chi connectivity index (χ4n) is 3.46. The van der Waals surface area contributed by atoms with Crippen molar-refractivity contribution in [3.05, 3.63) is 22.3 Å². The number of thiophene rings is 1. The standard InChI is InChI=1S/C17H24N4O2S2/c1-11(16(23)18-13-7-4-2-3-6-12(13)10-22)21-15(19-20-17(21)24)14-8-5-9-25-14/h5,8-9,11-13,22H,2-4,6-7,10H2,1H3,(H,18,23)(H,20,24)/t11-,12-,13-/m1/s1. The fourth-order valence-corrected chi connectivity index (χ4v) is 4.46. The first-order valence-corrected chi connectivity index (χ1v) is 10.0. The average Bonchev–Trinajstić information content (AvgIpc) is 3.20. The Balaban J connectivity index is 1.79. The number of aromatic amines is 1. The van der Waals surface area contributed by atoms with Crippen molar-refractivity contribution in [1.82, 2.24) is 20.1 Å². The Labute approximate surface area is 156 Å². The lowest BCUT2D eigenvalue weighted by Crippen LogP contribution is -2.44. The van der Waals surface area contributed by atoms with Crippen LogP contribution >= 0.6 is 23.6 Å². The predicted molar refractivity (Wildman–Crippen MR) is 101 cm³/mol. The van der Waals surface area contributed by atoms with Crippen LogP contribution in [0.5, 0.6) is 0 Å². The van der Waals surface area contributed by atoms with Crippen LogP contribution in [0, 0.1) is 10.7 Å². The second kappa shape index (κ2) is 8.25. The van der Waals surface area contributed by atoms with Crippen LogP contribution in [-0.2, 0) is 4.79 Å². The molecule has 1 fully saturated rings. The van der Waals surface area contributed by atoms with Gasteiger partial charge in [-0.15, -0.1) is 11.3 Å². The van der Waals surface area contributed by atoms with Crippen molar-refractivity contribution in [2.24, 2.45) is 5.92 Å². The number of nitrogens with one attached hydrogen (secondary N) is 2. The van der Waals surface area contributed by atoms with Crippen LogP contribution in [-0.4, -0.2) is 38.4 Å². The summed E-state index contributed by atoms with van der Waals surface area (Å²) in [6.07, 6.45) is 5.23. The molecule has 0 spiro atoms. The largest absolute Gasteiger partial charge is 0.396 e. The first kappa shape index (κ1) is 18.3. The maximum absolute atomic E-state index is 12.9. The Bertz CT molecular complexity index is 753. The number of carbonyl (C=O) groups is 1. The first-order valence-electron chi connectivity index (χ1n) is 8.74. The maximum Gasteiger partial charge on any atom is 0.243 e. The van der Waals surface area contributed by atoms with Crippen molar-refractivity contribution in [3.8, 4) is 10.7 Å². The zero-order chi connectivity index (χ0) is 17.8. The SMILES string of the molecule is C[C@H](C(=O)N[C@@H]1CCCCC[C@@H]1CO)n1c(-c2cccs2)n[nH]c1=S. The van der Waals surface area contributed by atoms with E-state index < -0.39 is 6.04 Å². The molecule has 0 unspecified atom stereocenters. The maximum atomic E-state index is 12.9. The summed E-state index contributed by atoms with van der Waals surface area (Å²) in [5.41, 5.74) is 0. The minimum absolute atomic E-state index is 0.0220. The minimum Gasteiger partial charge on any atom is -0.396 e. The van der Waals surface area contributed by atoms with E-state index in [0.717, 1.165) is 37.0 Å². The van der Waals surface area contributed by atoms with Gasteiger partial charge in [-0.2, -0.15) is 5.10 Å². The van der Waals surface area contributed by atoms with Crippen molar-refractivity contribution in [1.29, 1.82) is 0 Å². The molecule has 0 saturated heterocycles. The molecule has 0 radical (unpaired) electrons. The Morgan fingerprint density at radius 2 is 2.32 bits per heavy atom. The van der Waals surface area contributed by atoms with Crippen molar-refractivity contribution < 1.29 is 9.90 Å². The summed E-state index contributed by atoms with van der Waals surface area (Å²) in [4.78, 5) is 13.8. The van der Waals surface area contributed by atoms with Crippen LogP contribution < -0.4 is 5.32 Å². The molecule has 1 aliphatic rings. The van der Waals surface area contributed by atoms with Crippen LogP contribution in [0.4, 0.5) is 0 Å². The van der Waals surface area contributed by atoms with E-state index in [1.807, 2.05) is 24.4 Å². The van der Waals surface area contributed by atoms with E-state index in [9.17, 15) is 9.90 Å². The minimum atomic E-state index is -0.467. The lowest BCUT2D eigenvalue weighted by atomic mass is 9.95. The van der Waals surface area contributed by atoms with E-state index in [-0.39, 0.29) is 24.5 Å². The normalized spacial score (nSPS) is 22.3. The van der Waals surface area contributed by atoms with Gasteiger partial charge in [0.25, 0.3) is 0 Å². The zero-order valence-corrected chi connectivity index (χ0v) is 15.9. The van der Waals surface area contributed by atoms with Gasteiger partial charge in [0.2, 0.25) is 5.91 Å². The second-order valence-corrected chi connectivity index (χ2v) is 7.91. The second-order valence-electron chi connectivity index (χ2n) is 6.57. The van der Waals surface area contributed by atoms with Crippen LogP contribution in [0.25, 0.3) is 10.7 Å². The van der Waals surface area contributed by atoms with Gasteiger partial charge in [0.1, 0.15) is 6.04 Å². The molecule has 6 nitrogen and oxygen atoms in total. The number of aromatic nitrogens is 3. The molecule has 0 aromatic carbocycles. The molecule has 3 rings (SSSR count). The summed E-state index contributed by atoms with van der Waals surface area (Å²) in [5.74, 6) is 0.732. The molecule has 3 N–H and O–H groups in total. The van der Waals surface area contributed by atoms with Gasteiger partial charge >= 0.3 is 0 Å². The lowest BCUT2D eigenvalue weighted by Gasteiger charge is -2.26. The summed E-state index contributed by atoms with van der Waals surface area (Å²) in [6.45, 7) is 1.95. The molecule has 3 atom stereocenters. The van der Waals surface area contributed by atoms with Gasteiger partial charge in [0.05, 0.1) is 4.88 Å². The Morgan fingerprint density at radius 1 is 1.52 bits per heavy atom. The molecule has 2 aromatic rings. The third kappa shape index (κ3) is 4.02. The number of rotatable bonds is 5. The monoisotopic (exact) mass is 380 g/mol. The smallest absolute Gasteiger partial charge is 0.243 e. The summed E-state index contributed by atoms with van der Waals surface area (Å²) >= 11 is 6.90. The summed E-state index contributed by atoms with van der Waals surface area (Å²) in [6, 6.07) is 3.47. The molecular formula is C17H24N4O2S2. The van der Waals surface area contributed by atoms with E-state index in [4.69, 9.17) is 12.2 Å². The van der Waals surface area contributed by atoms with Gasteiger partial charge in [-0.05, 0) is 43.4 Å². The molecule has 25 heavy (non-hydrogen) atoms. The molecule has 136 valence electrons. The van der Waals surface area contributed by atoms with E-state index in [1.54, 1.807) is 15.9 Å². The first-order chi connectivity index (χ1) is 12.1. The van der Waals surface area contributed by atoms with E-state index in [0.29, 0.717) is 10.6 Å². The molecule has 1 saturated carbocycles. The number of hydrogen-bond acceptors (Lipinski definition) is 5. The van der Waals surface area contributed by atoms with Gasteiger partial charge < -0.3 is 10.4 Å². The van der Waals surface area contributed by atoms with Crippen molar-refractivity contribution in [2.45, 2.75) is 51.1 Å². The number of aliphatic hydroxyl groups excluding tert-OH is 1. The summed E-state index contributed by atoms with van der Waals surface area (Å²) in [7, 11) is 0. The van der Waals surface area contributed by atoms with Crippen molar-refractivity contribution in [3.63, 3.8) is 0 Å². The molecule has 0 aliphatic heterocycles. The lowest BCUT2D eigenvalue weighted by molar-refractivity contribution is -0.125. The van der Waals surface area contributed by atoms with E-state index >= 15 is 0 Å². The van der Waals surface area contributed by atoms with Crippen molar-refractivity contribution >= 4 is 29.5 Å². The van der Waals surface area contributed by atoms with Crippen LogP contribution in [0.15, 0.2) is 17.5 Å². The molecule has 2 heterocycles. The van der Waals surface area contributed by atoms with Crippen LogP contribution in [0.1, 0.15) is 45.1 Å².